The van der Waals surface area contributed by atoms with Gasteiger partial charge in [-0.1, -0.05) is 0 Å². The van der Waals surface area contributed by atoms with Gasteiger partial charge in [0.05, 0.1) is 17.7 Å². The third-order valence-corrected chi connectivity index (χ3v) is 3.35. The minimum atomic E-state index is -0.943. The normalized spacial score (nSPS) is 22.6. The molecule has 2 aliphatic heterocycles. The summed E-state index contributed by atoms with van der Waals surface area (Å²) >= 11 is 0. The highest BCUT2D eigenvalue weighted by Crippen LogP contribution is 2.22. The summed E-state index contributed by atoms with van der Waals surface area (Å²) in [6.07, 6.45) is 2.79. The van der Waals surface area contributed by atoms with Crippen molar-refractivity contribution in [1.29, 1.82) is 0 Å². The second-order valence-electron chi connectivity index (χ2n) is 4.60. The molecule has 0 spiro atoms. The van der Waals surface area contributed by atoms with E-state index >= 15 is 0 Å². The monoisotopic (exact) mass is 274 g/mol. The van der Waals surface area contributed by atoms with Crippen LogP contribution >= 0.6 is 0 Å². The van der Waals surface area contributed by atoms with Crippen molar-refractivity contribution >= 4 is 23.6 Å². The van der Waals surface area contributed by atoms with Crippen molar-refractivity contribution in [2.75, 3.05) is 0 Å². The van der Waals surface area contributed by atoms with Crippen LogP contribution in [0.1, 0.15) is 28.9 Å². The molecule has 20 heavy (non-hydrogen) atoms. The minimum Gasteiger partial charge on any atom is -0.295 e. The van der Waals surface area contributed by atoms with Crippen LogP contribution in [-0.4, -0.2) is 44.5 Å². The Morgan fingerprint density at radius 3 is 2.80 bits per heavy atom. The highest BCUT2D eigenvalue weighted by atomic mass is 16.2. The van der Waals surface area contributed by atoms with Gasteiger partial charge in [0.2, 0.25) is 17.7 Å². The molecule has 4 amide bonds. The van der Waals surface area contributed by atoms with Gasteiger partial charge in [-0.3, -0.25) is 29.4 Å². The Hall–Kier alpha value is -2.64. The molecule has 8 nitrogen and oxygen atoms in total. The molecule has 2 aliphatic rings. The van der Waals surface area contributed by atoms with E-state index in [4.69, 9.17) is 0 Å². The van der Waals surface area contributed by atoms with E-state index < -0.39 is 29.7 Å². The summed E-state index contributed by atoms with van der Waals surface area (Å²) in [5.41, 5.74) is 0.579. The first-order valence-electron chi connectivity index (χ1n) is 6.07. The summed E-state index contributed by atoms with van der Waals surface area (Å²) in [6.45, 7) is 0. The number of nitrogens with zero attached hydrogens (tertiary/aromatic N) is 3. The SMILES string of the molecule is O=C1CCC(N2C(=O)Cc3ncncc3C2=O)C(=O)N1. The fraction of sp³-hybridized carbons (Fsp3) is 0.333. The average Bonchev–Trinajstić information content (AvgIpc) is 2.41. The van der Waals surface area contributed by atoms with Crippen LogP contribution in [0.5, 0.6) is 0 Å². The quantitative estimate of drug-likeness (QED) is 0.645. The molecule has 0 bridgehead atoms. The lowest BCUT2D eigenvalue weighted by Gasteiger charge is -2.33. The molecule has 1 atom stereocenters. The molecule has 0 radical (unpaired) electrons. The van der Waals surface area contributed by atoms with Crippen LogP contribution in [0.4, 0.5) is 0 Å². The van der Waals surface area contributed by atoms with Gasteiger partial charge in [0, 0.05) is 12.6 Å². The molecule has 3 heterocycles. The number of fused-ring (bicyclic) bond motifs is 1. The molecule has 1 unspecified atom stereocenters. The van der Waals surface area contributed by atoms with Crippen LogP contribution in [0, 0.1) is 0 Å². The lowest BCUT2D eigenvalue weighted by atomic mass is 9.98. The molecule has 8 heteroatoms. The maximum absolute atomic E-state index is 12.3. The van der Waals surface area contributed by atoms with Crippen molar-refractivity contribution in [1.82, 2.24) is 20.2 Å². The molecule has 102 valence electrons. The molecule has 3 rings (SSSR count). The third-order valence-electron chi connectivity index (χ3n) is 3.35. The number of piperidine rings is 1. The number of aromatic nitrogens is 2. The van der Waals surface area contributed by atoms with Crippen LogP contribution in [-0.2, 0) is 20.8 Å². The van der Waals surface area contributed by atoms with E-state index in [0.29, 0.717) is 5.69 Å². The van der Waals surface area contributed by atoms with Gasteiger partial charge in [-0.15, -0.1) is 0 Å². The van der Waals surface area contributed by atoms with E-state index in [9.17, 15) is 19.2 Å². The van der Waals surface area contributed by atoms with Crippen molar-refractivity contribution in [2.24, 2.45) is 0 Å². The second-order valence-corrected chi connectivity index (χ2v) is 4.60. The Bertz CT molecular complexity index is 642. The first-order chi connectivity index (χ1) is 9.58. The van der Waals surface area contributed by atoms with Crippen molar-refractivity contribution < 1.29 is 19.2 Å². The Balaban J connectivity index is 1.95. The van der Waals surface area contributed by atoms with Gasteiger partial charge < -0.3 is 0 Å². The number of rotatable bonds is 1. The standard InChI is InChI=1S/C12H10N4O4/c17-9-2-1-8(11(19)15-9)16-10(18)3-7-6(12(16)20)4-13-5-14-7/h4-5,8H,1-3H2,(H,15,17,19). The average molecular weight is 274 g/mol. The van der Waals surface area contributed by atoms with Crippen LogP contribution in [0.15, 0.2) is 12.5 Å². The molecule has 1 fully saturated rings. The zero-order chi connectivity index (χ0) is 14.3. The molecule has 0 aromatic carbocycles. The van der Waals surface area contributed by atoms with E-state index in [2.05, 4.69) is 15.3 Å². The van der Waals surface area contributed by atoms with Gasteiger partial charge in [0.15, 0.2) is 0 Å². The second kappa shape index (κ2) is 4.48. The minimum absolute atomic E-state index is 0.0542. The van der Waals surface area contributed by atoms with Crippen LogP contribution < -0.4 is 5.32 Å². The first kappa shape index (κ1) is 12.4. The summed E-state index contributed by atoms with van der Waals surface area (Å²) in [6, 6.07) is -0.943. The maximum atomic E-state index is 12.3. The predicted molar refractivity (Wildman–Crippen MR) is 63.1 cm³/mol. The fourth-order valence-electron chi connectivity index (χ4n) is 2.39. The molecular weight excluding hydrogens is 264 g/mol. The Morgan fingerprint density at radius 2 is 2.05 bits per heavy atom. The van der Waals surface area contributed by atoms with Crippen molar-refractivity contribution in [2.45, 2.75) is 25.3 Å². The summed E-state index contributed by atoms with van der Waals surface area (Å²) in [5, 5.41) is 2.14. The molecule has 1 N–H and O–H groups in total. The van der Waals surface area contributed by atoms with Gasteiger partial charge in [-0.05, 0) is 6.42 Å². The number of imide groups is 2. The molecule has 0 saturated carbocycles. The predicted octanol–water partition coefficient (Wildman–Crippen LogP) is -1.19. The number of hydrogen-bond donors (Lipinski definition) is 1. The van der Waals surface area contributed by atoms with Gasteiger partial charge in [0.25, 0.3) is 5.91 Å². The van der Waals surface area contributed by atoms with E-state index in [-0.39, 0.29) is 24.8 Å². The van der Waals surface area contributed by atoms with Crippen molar-refractivity contribution in [3.05, 3.63) is 23.8 Å². The molecule has 1 aromatic rings. The van der Waals surface area contributed by atoms with E-state index in [1.807, 2.05) is 0 Å². The van der Waals surface area contributed by atoms with Gasteiger partial charge >= 0.3 is 0 Å². The maximum Gasteiger partial charge on any atom is 0.264 e. The summed E-state index contributed by atoms with van der Waals surface area (Å²) in [4.78, 5) is 55.9. The number of amides is 4. The van der Waals surface area contributed by atoms with E-state index in [1.54, 1.807) is 0 Å². The summed E-state index contributed by atoms with van der Waals surface area (Å²) in [5.74, 6) is -2.10. The largest absolute Gasteiger partial charge is 0.295 e. The van der Waals surface area contributed by atoms with Gasteiger partial charge in [-0.25, -0.2) is 9.97 Å². The molecular formula is C12H10N4O4. The Kier molecular flexibility index (Phi) is 2.78. The summed E-state index contributed by atoms with van der Waals surface area (Å²) in [7, 11) is 0. The number of hydrogen-bond acceptors (Lipinski definition) is 6. The highest BCUT2D eigenvalue weighted by molar-refractivity contribution is 6.13. The van der Waals surface area contributed by atoms with E-state index in [1.165, 1.54) is 12.5 Å². The first-order valence-corrected chi connectivity index (χ1v) is 6.07. The fourth-order valence-corrected chi connectivity index (χ4v) is 2.39. The molecule has 1 saturated heterocycles. The van der Waals surface area contributed by atoms with E-state index in [0.717, 1.165) is 4.90 Å². The molecule has 0 aliphatic carbocycles. The van der Waals surface area contributed by atoms with Crippen molar-refractivity contribution in [3.63, 3.8) is 0 Å². The smallest absolute Gasteiger partial charge is 0.264 e. The lowest BCUT2D eigenvalue weighted by Crippen LogP contribution is -2.58. The molecule has 1 aromatic heterocycles. The van der Waals surface area contributed by atoms with Crippen LogP contribution in [0.3, 0.4) is 0 Å². The zero-order valence-corrected chi connectivity index (χ0v) is 10.3. The number of nitrogens with one attached hydrogen (secondary N) is 1. The van der Waals surface area contributed by atoms with Gasteiger partial charge in [-0.2, -0.15) is 0 Å². The summed E-state index contributed by atoms with van der Waals surface area (Å²) < 4.78 is 0. The third kappa shape index (κ3) is 1.85. The zero-order valence-electron chi connectivity index (χ0n) is 10.3. The van der Waals surface area contributed by atoms with Crippen LogP contribution in [0.2, 0.25) is 0 Å². The van der Waals surface area contributed by atoms with Crippen LogP contribution in [0.25, 0.3) is 0 Å². The number of carbonyl (C=O) groups excluding carboxylic acids is 4. The van der Waals surface area contributed by atoms with Crippen molar-refractivity contribution in [3.8, 4) is 0 Å². The topological polar surface area (TPSA) is 109 Å². The highest BCUT2D eigenvalue weighted by Gasteiger charge is 2.42. The Morgan fingerprint density at radius 1 is 1.25 bits per heavy atom. The Labute approximate surface area is 113 Å². The number of carbonyl (C=O) groups is 4. The van der Waals surface area contributed by atoms with Gasteiger partial charge in [0.1, 0.15) is 12.4 Å². The lowest BCUT2D eigenvalue weighted by molar-refractivity contribution is -0.143.